The van der Waals surface area contributed by atoms with Crippen LogP contribution in [0.1, 0.15) is 30.6 Å². The van der Waals surface area contributed by atoms with Gasteiger partial charge in [0.2, 0.25) is 5.78 Å². The fraction of sp³-hybridized carbons (Fsp3) is 0.308. The summed E-state index contributed by atoms with van der Waals surface area (Å²) in [7, 11) is 0. The predicted octanol–water partition coefficient (Wildman–Crippen LogP) is 1.94. The number of carboxylic acids is 1. The van der Waals surface area contributed by atoms with Crippen LogP contribution < -0.4 is 5.32 Å². The van der Waals surface area contributed by atoms with Crippen LogP contribution in [0.3, 0.4) is 0 Å². The second kappa shape index (κ2) is 5.95. The molecule has 0 spiro atoms. The van der Waals surface area contributed by atoms with Gasteiger partial charge in [0, 0.05) is 6.42 Å². The molecule has 0 aliphatic carbocycles. The van der Waals surface area contributed by atoms with Crippen LogP contribution in [0.4, 0.5) is 5.69 Å². The first-order chi connectivity index (χ1) is 8.41. The number of anilines is 1. The molecule has 0 saturated heterocycles. The van der Waals surface area contributed by atoms with E-state index in [1.807, 2.05) is 13.8 Å². The van der Waals surface area contributed by atoms with Crippen molar-refractivity contribution in [1.82, 2.24) is 0 Å². The average Bonchev–Trinajstić information content (AvgIpc) is 2.28. The maximum atomic E-state index is 11.6. The first-order valence-electron chi connectivity index (χ1n) is 5.58. The second-order valence-electron chi connectivity index (χ2n) is 4.33. The zero-order valence-corrected chi connectivity index (χ0v) is 10.3. The summed E-state index contributed by atoms with van der Waals surface area (Å²) in [6, 6.07) is 5.96. The van der Waals surface area contributed by atoms with E-state index < -0.39 is 17.7 Å². The molecule has 1 rings (SSSR count). The molecule has 1 aromatic rings. The molecule has 5 nitrogen and oxygen atoms in total. The van der Waals surface area contributed by atoms with E-state index in [-0.39, 0.29) is 23.6 Å². The van der Waals surface area contributed by atoms with Crippen LogP contribution in [0.25, 0.3) is 0 Å². The smallest absolute Gasteiger partial charge is 0.337 e. The van der Waals surface area contributed by atoms with Crippen molar-refractivity contribution < 1.29 is 19.5 Å². The van der Waals surface area contributed by atoms with Gasteiger partial charge in [0.05, 0.1) is 11.3 Å². The summed E-state index contributed by atoms with van der Waals surface area (Å²) in [6.45, 7) is 3.66. The fourth-order valence-corrected chi connectivity index (χ4v) is 1.43. The van der Waals surface area contributed by atoms with Gasteiger partial charge in [-0.05, 0) is 18.1 Å². The van der Waals surface area contributed by atoms with Gasteiger partial charge in [0.1, 0.15) is 0 Å². The lowest BCUT2D eigenvalue weighted by Crippen LogP contribution is -2.24. The monoisotopic (exact) mass is 249 g/mol. The second-order valence-corrected chi connectivity index (χ2v) is 4.33. The summed E-state index contributed by atoms with van der Waals surface area (Å²) in [5.41, 5.74) is 0.0929. The summed E-state index contributed by atoms with van der Waals surface area (Å²) >= 11 is 0. The maximum Gasteiger partial charge on any atom is 0.337 e. The number of hydrogen-bond donors (Lipinski definition) is 2. The van der Waals surface area contributed by atoms with Crippen molar-refractivity contribution in [3.05, 3.63) is 29.8 Å². The van der Waals surface area contributed by atoms with Gasteiger partial charge in [-0.2, -0.15) is 0 Å². The van der Waals surface area contributed by atoms with Gasteiger partial charge in [-0.25, -0.2) is 4.79 Å². The van der Waals surface area contributed by atoms with E-state index in [0.717, 1.165) is 0 Å². The minimum absolute atomic E-state index is 0.0387. The van der Waals surface area contributed by atoms with Crippen LogP contribution in [0, 0.1) is 5.92 Å². The van der Waals surface area contributed by atoms with Gasteiger partial charge in [0.25, 0.3) is 5.91 Å². The number of ketones is 1. The van der Waals surface area contributed by atoms with Crippen LogP contribution in [0.5, 0.6) is 0 Å². The normalized spacial score (nSPS) is 10.2. The Kier molecular flexibility index (Phi) is 4.59. The molecule has 5 heteroatoms. The molecule has 0 radical (unpaired) electrons. The molecule has 96 valence electrons. The van der Waals surface area contributed by atoms with Gasteiger partial charge in [-0.1, -0.05) is 26.0 Å². The topological polar surface area (TPSA) is 83.5 Å². The average molecular weight is 249 g/mol. The Morgan fingerprint density at radius 1 is 1.22 bits per heavy atom. The predicted molar refractivity (Wildman–Crippen MR) is 66.5 cm³/mol. The van der Waals surface area contributed by atoms with Crippen LogP contribution in [0.2, 0.25) is 0 Å². The van der Waals surface area contributed by atoms with Crippen molar-refractivity contribution in [3.63, 3.8) is 0 Å². The van der Waals surface area contributed by atoms with Gasteiger partial charge in [-0.15, -0.1) is 0 Å². The Morgan fingerprint density at radius 2 is 1.83 bits per heavy atom. The summed E-state index contributed by atoms with van der Waals surface area (Å²) in [4.78, 5) is 34.0. The van der Waals surface area contributed by atoms with Crippen molar-refractivity contribution in [2.45, 2.75) is 20.3 Å². The molecule has 0 atom stereocenters. The number of nitrogens with one attached hydrogen (secondary N) is 1. The number of carbonyl (C=O) groups excluding carboxylic acids is 2. The molecule has 18 heavy (non-hydrogen) atoms. The SMILES string of the molecule is CC(C)CC(=O)C(=O)Nc1ccccc1C(=O)O. The number of aromatic carboxylic acids is 1. The lowest BCUT2D eigenvalue weighted by Gasteiger charge is -2.08. The van der Waals surface area contributed by atoms with Gasteiger partial charge in [-0.3, -0.25) is 9.59 Å². The number of para-hydroxylation sites is 1. The maximum absolute atomic E-state index is 11.6. The number of amides is 1. The standard InChI is InChI=1S/C13H15NO4/c1-8(2)7-11(15)12(16)14-10-6-4-3-5-9(10)13(17)18/h3-6,8H,7H2,1-2H3,(H,14,16)(H,17,18). The molecule has 0 heterocycles. The van der Waals surface area contributed by atoms with E-state index in [9.17, 15) is 14.4 Å². The molecule has 2 N–H and O–H groups in total. The quantitative estimate of drug-likeness (QED) is 0.781. The molecule has 0 bridgehead atoms. The molecule has 0 unspecified atom stereocenters. The zero-order valence-electron chi connectivity index (χ0n) is 10.3. The van der Waals surface area contributed by atoms with Crippen molar-refractivity contribution >= 4 is 23.3 Å². The summed E-state index contributed by atoms with van der Waals surface area (Å²) in [5.74, 6) is -2.40. The Balaban J connectivity index is 2.82. The lowest BCUT2D eigenvalue weighted by molar-refractivity contribution is -0.135. The van der Waals surface area contributed by atoms with Gasteiger partial charge in [0.15, 0.2) is 0 Å². The highest BCUT2D eigenvalue weighted by Gasteiger charge is 2.18. The molecule has 0 fully saturated rings. The number of Topliss-reactive ketones (excluding diaryl/α,β-unsaturated/α-hetero) is 1. The van der Waals surface area contributed by atoms with E-state index in [0.29, 0.717) is 0 Å². The molecule has 0 saturated carbocycles. The van der Waals surface area contributed by atoms with Gasteiger partial charge < -0.3 is 10.4 Å². The molecule has 1 amide bonds. The van der Waals surface area contributed by atoms with E-state index in [1.54, 1.807) is 12.1 Å². The number of rotatable bonds is 5. The summed E-state index contributed by atoms with van der Waals surface area (Å²) in [6.07, 6.45) is 0.140. The summed E-state index contributed by atoms with van der Waals surface area (Å²) < 4.78 is 0. The molecule has 0 aliphatic rings. The zero-order chi connectivity index (χ0) is 13.7. The third-order valence-electron chi connectivity index (χ3n) is 2.25. The molecule has 1 aromatic carbocycles. The van der Waals surface area contributed by atoms with E-state index >= 15 is 0 Å². The van der Waals surface area contributed by atoms with E-state index in [1.165, 1.54) is 12.1 Å². The molecule has 0 aliphatic heterocycles. The lowest BCUT2D eigenvalue weighted by atomic mass is 10.1. The Labute approximate surface area is 105 Å². The highest BCUT2D eigenvalue weighted by atomic mass is 16.4. The van der Waals surface area contributed by atoms with Crippen molar-refractivity contribution in [2.24, 2.45) is 5.92 Å². The minimum Gasteiger partial charge on any atom is -0.478 e. The fourth-order valence-electron chi connectivity index (χ4n) is 1.43. The Bertz CT molecular complexity index is 480. The summed E-state index contributed by atoms with van der Waals surface area (Å²) in [5, 5.41) is 11.3. The van der Waals surface area contributed by atoms with Crippen molar-refractivity contribution in [1.29, 1.82) is 0 Å². The first kappa shape index (κ1) is 13.9. The minimum atomic E-state index is -1.15. The van der Waals surface area contributed by atoms with Crippen LogP contribution in [0.15, 0.2) is 24.3 Å². The largest absolute Gasteiger partial charge is 0.478 e. The van der Waals surface area contributed by atoms with Crippen molar-refractivity contribution in [2.75, 3.05) is 5.32 Å². The number of hydrogen-bond acceptors (Lipinski definition) is 3. The Morgan fingerprint density at radius 3 is 2.39 bits per heavy atom. The van der Waals surface area contributed by atoms with Crippen LogP contribution >= 0.6 is 0 Å². The molecular formula is C13H15NO4. The third kappa shape index (κ3) is 3.69. The van der Waals surface area contributed by atoms with E-state index in [4.69, 9.17) is 5.11 Å². The number of benzene rings is 1. The van der Waals surface area contributed by atoms with Gasteiger partial charge >= 0.3 is 5.97 Å². The first-order valence-corrected chi connectivity index (χ1v) is 5.58. The molecule has 0 aromatic heterocycles. The molecular weight excluding hydrogens is 234 g/mol. The third-order valence-corrected chi connectivity index (χ3v) is 2.25. The highest BCUT2D eigenvalue weighted by Crippen LogP contribution is 2.15. The highest BCUT2D eigenvalue weighted by molar-refractivity contribution is 6.40. The van der Waals surface area contributed by atoms with E-state index in [2.05, 4.69) is 5.32 Å². The van der Waals surface area contributed by atoms with Crippen molar-refractivity contribution in [3.8, 4) is 0 Å². The number of carbonyl (C=O) groups is 3. The van der Waals surface area contributed by atoms with Crippen LogP contribution in [-0.4, -0.2) is 22.8 Å². The Hall–Kier alpha value is -2.17. The number of carboxylic acid groups (broad SMARTS) is 1. The van der Waals surface area contributed by atoms with Crippen LogP contribution in [-0.2, 0) is 9.59 Å².